The molecule has 0 fully saturated rings. The zero-order chi connectivity index (χ0) is 24.2. The molecule has 0 spiro atoms. The normalized spacial score (nSPS) is 10.3. The third-order valence-electron chi connectivity index (χ3n) is 4.19. The lowest BCUT2D eigenvalue weighted by Gasteiger charge is -2.12. The number of rotatable bonds is 10. The highest BCUT2D eigenvalue weighted by molar-refractivity contribution is 9.10. The van der Waals surface area contributed by atoms with Gasteiger partial charge in [0.2, 0.25) is 5.91 Å². The predicted octanol–water partition coefficient (Wildman–Crippen LogP) is 5.43. The van der Waals surface area contributed by atoms with Crippen molar-refractivity contribution in [3.8, 4) is 11.5 Å². The number of thiocarbonyl (C=S) groups is 1. The summed E-state index contributed by atoms with van der Waals surface area (Å²) in [7, 11) is 0. The maximum absolute atomic E-state index is 12.4. The van der Waals surface area contributed by atoms with Gasteiger partial charge in [-0.25, -0.2) is 0 Å². The van der Waals surface area contributed by atoms with Crippen molar-refractivity contribution in [2.24, 2.45) is 0 Å². The first-order valence-corrected chi connectivity index (χ1v) is 12.2. The SMILES string of the molecule is CCCCOc1ccc(C(=O)NC(=S)NNC(=O)CCCOc2ccc(Cl)cc2Cl)cc1Br. The van der Waals surface area contributed by atoms with Crippen molar-refractivity contribution in [1.82, 2.24) is 16.2 Å². The number of carbonyl (C=O) groups excluding carboxylic acids is 2. The summed E-state index contributed by atoms with van der Waals surface area (Å²) in [5, 5.41) is 3.39. The number of unbranched alkanes of at least 4 members (excludes halogenated alkanes) is 1. The zero-order valence-electron chi connectivity index (χ0n) is 17.9. The molecule has 0 radical (unpaired) electrons. The molecular weight excluding hydrogens is 553 g/mol. The van der Waals surface area contributed by atoms with Crippen molar-refractivity contribution in [2.75, 3.05) is 13.2 Å². The van der Waals surface area contributed by atoms with Crippen LogP contribution in [0, 0.1) is 0 Å². The third kappa shape index (κ3) is 9.75. The molecule has 2 rings (SSSR count). The lowest BCUT2D eigenvalue weighted by Crippen LogP contribution is -2.48. The fourth-order valence-corrected chi connectivity index (χ4v) is 3.59. The average Bonchev–Trinajstić information content (AvgIpc) is 2.77. The Hall–Kier alpha value is -2.07. The summed E-state index contributed by atoms with van der Waals surface area (Å²) in [4.78, 5) is 24.3. The van der Waals surface area contributed by atoms with Crippen molar-refractivity contribution in [3.05, 3.63) is 56.5 Å². The average molecular weight is 577 g/mol. The number of halogens is 3. The highest BCUT2D eigenvalue weighted by atomic mass is 79.9. The molecule has 0 heterocycles. The van der Waals surface area contributed by atoms with Crippen LogP contribution in [-0.4, -0.2) is 30.1 Å². The predicted molar refractivity (Wildman–Crippen MR) is 137 cm³/mol. The lowest BCUT2D eigenvalue weighted by atomic mass is 10.2. The van der Waals surface area contributed by atoms with Gasteiger partial charge in [-0.05, 0) is 77.4 Å². The van der Waals surface area contributed by atoms with E-state index >= 15 is 0 Å². The molecule has 0 aromatic heterocycles. The first kappa shape index (κ1) is 27.2. The smallest absolute Gasteiger partial charge is 0.257 e. The summed E-state index contributed by atoms with van der Waals surface area (Å²) in [6.07, 6.45) is 2.61. The van der Waals surface area contributed by atoms with Gasteiger partial charge in [0.1, 0.15) is 11.5 Å². The van der Waals surface area contributed by atoms with Gasteiger partial charge in [-0.15, -0.1) is 0 Å². The molecule has 33 heavy (non-hydrogen) atoms. The molecular formula is C22H24BrCl2N3O4S. The van der Waals surface area contributed by atoms with Gasteiger partial charge in [-0.2, -0.15) is 0 Å². The van der Waals surface area contributed by atoms with Crippen molar-refractivity contribution >= 4 is 68.3 Å². The van der Waals surface area contributed by atoms with Crippen LogP contribution in [0.5, 0.6) is 11.5 Å². The Bertz CT molecular complexity index is 994. The minimum Gasteiger partial charge on any atom is -0.492 e. The highest BCUT2D eigenvalue weighted by Gasteiger charge is 2.12. The van der Waals surface area contributed by atoms with E-state index in [9.17, 15) is 9.59 Å². The zero-order valence-corrected chi connectivity index (χ0v) is 21.8. The van der Waals surface area contributed by atoms with Gasteiger partial charge in [0.25, 0.3) is 5.91 Å². The summed E-state index contributed by atoms with van der Waals surface area (Å²) < 4.78 is 11.8. The molecule has 0 aliphatic rings. The number of ether oxygens (including phenoxy) is 2. The van der Waals surface area contributed by atoms with Crippen molar-refractivity contribution in [2.45, 2.75) is 32.6 Å². The van der Waals surface area contributed by atoms with Gasteiger partial charge in [0, 0.05) is 17.0 Å². The number of hydrogen-bond acceptors (Lipinski definition) is 5. The maximum Gasteiger partial charge on any atom is 0.257 e. The lowest BCUT2D eigenvalue weighted by molar-refractivity contribution is -0.121. The van der Waals surface area contributed by atoms with E-state index in [1.54, 1.807) is 36.4 Å². The third-order valence-corrected chi connectivity index (χ3v) is 5.55. The molecule has 0 saturated heterocycles. The summed E-state index contributed by atoms with van der Waals surface area (Å²) >= 11 is 20.3. The minimum atomic E-state index is -0.421. The van der Waals surface area contributed by atoms with Crippen LogP contribution in [0.25, 0.3) is 0 Å². The van der Waals surface area contributed by atoms with Crippen LogP contribution in [0.1, 0.15) is 43.0 Å². The first-order valence-electron chi connectivity index (χ1n) is 10.2. The van der Waals surface area contributed by atoms with Crippen molar-refractivity contribution in [1.29, 1.82) is 0 Å². The second-order valence-corrected chi connectivity index (χ2v) is 8.94. The highest BCUT2D eigenvalue weighted by Crippen LogP contribution is 2.28. The molecule has 178 valence electrons. The summed E-state index contributed by atoms with van der Waals surface area (Å²) in [6.45, 7) is 2.98. The summed E-state index contributed by atoms with van der Waals surface area (Å²) in [6, 6.07) is 9.91. The van der Waals surface area contributed by atoms with Crippen LogP contribution in [0.15, 0.2) is 40.9 Å². The van der Waals surface area contributed by atoms with E-state index in [0.717, 1.165) is 12.8 Å². The molecule has 7 nitrogen and oxygen atoms in total. The molecule has 0 bridgehead atoms. The van der Waals surface area contributed by atoms with E-state index in [0.29, 0.717) is 51.2 Å². The number of nitrogens with one attached hydrogen (secondary N) is 3. The van der Waals surface area contributed by atoms with Crippen LogP contribution < -0.4 is 25.6 Å². The standard InChI is InChI=1S/C22H24BrCl2N3O4S/c1-2-3-10-31-18-8-6-14(12-16(18)23)21(30)26-22(33)28-27-20(29)5-4-11-32-19-9-7-15(24)13-17(19)25/h6-9,12-13H,2-5,10-11H2,1H3,(H,27,29)(H2,26,28,30,33). The van der Waals surface area contributed by atoms with Crippen LogP contribution >= 0.6 is 51.3 Å². The Balaban J connectivity index is 1.68. The quantitative estimate of drug-likeness (QED) is 0.198. The Morgan fingerprint density at radius 3 is 2.39 bits per heavy atom. The Morgan fingerprint density at radius 2 is 1.70 bits per heavy atom. The number of hydrogen-bond donors (Lipinski definition) is 3. The van der Waals surface area contributed by atoms with Crippen LogP contribution in [0.3, 0.4) is 0 Å². The van der Waals surface area contributed by atoms with Crippen molar-refractivity contribution in [3.63, 3.8) is 0 Å². The topological polar surface area (TPSA) is 88.7 Å². The Morgan fingerprint density at radius 1 is 1.00 bits per heavy atom. The molecule has 11 heteroatoms. The number of benzene rings is 2. The van der Waals surface area contributed by atoms with Gasteiger partial charge >= 0.3 is 0 Å². The number of amides is 2. The van der Waals surface area contributed by atoms with Crippen molar-refractivity contribution < 1.29 is 19.1 Å². The van der Waals surface area contributed by atoms with Gasteiger partial charge < -0.3 is 9.47 Å². The molecule has 0 saturated carbocycles. The molecule has 0 aliphatic heterocycles. The van der Waals surface area contributed by atoms with E-state index in [-0.39, 0.29) is 17.4 Å². The molecule has 2 aromatic carbocycles. The second-order valence-electron chi connectivity index (χ2n) is 6.83. The summed E-state index contributed by atoms with van der Waals surface area (Å²) in [5.74, 6) is 0.426. The van der Waals surface area contributed by atoms with Gasteiger partial charge in [0.05, 0.1) is 22.7 Å². The van der Waals surface area contributed by atoms with E-state index in [1.165, 1.54) is 0 Å². The second kappa shape index (κ2) is 14.2. The number of hydrazine groups is 1. The number of carbonyl (C=O) groups is 2. The Labute approximate surface area is 216 Å². The molecule has 0 unspecified atom stereocenters. The molecule has 0 atom stereocenters. The summed E-state index contributed by atoms with van der Waals surface area (Å²) in [5.41, 5.74) is 5.32. The van der Waals surface area contributed by atoms with Crippen LogP contribution in [0.4, 0.5) is 0 Å². The van der Waals surface area contributed by atoms with E-state index in [1.807, 2.05) is 0 Å². The maximum atomic E-state index is 12.4. The minimum absolute atomic E-state index is 0.0306. The van der Waals surface area contributed by atoms with E-state index < -0.39 is 5.91 Å². The van der Waals surface area contributed by atoms with Crippen LogP contribution in [-0.2, 0) is 4.79 Å². The van der Waals surface area contributed by atoms with Gasteiger partial charge in [-0.3, -0.25) is 25.8 Å². The van der Waals surface area contributed by atoms with E-state index in [2.05, 4.69) is 39.0 Å². The molecule has 3 N–H and O–H groups in total. The Kier molecular flexibility index (Phi) is 11.7. The van der Waals surface area contributed by atoms with Gasteiger partial charge in [-0.1, -0.05) is 36.5 Å². The molecule has 0 aliphatic carbocycles. The largest absolute Gasteiger partial charge is 0.492 e. The monoisotopic (exact) mass is 575 g/mol. The van der Waals surface area contributed by atoms with E-state index in [4.69, 9.17) is 44.9 Å². The first-order chi connectivity index (χ1) is 15.8. The molecule has 2 aromatic rings. The fourth-order valence-electron chi connectivity index (χ4n) is 2.49. The molecule has 2 amide bonds. The van der Waals surface area contributed by atoms with Crippen LogP contribution in [0.2, 0.25) is 10.0 Å². The fraction of sp³-hybridized carbons (Fsp3) is 0.318. The van der Waals surface area contributed by atoms with Gasteiger partial charge in [0.15, 0.2) is 5.11 Å².